The standard InChI is InChI=1S/C22H26N2O6/c1-22(2,3)30-21(29)24-17(12-14-8-5-4-6-9-14)18(25)19(26)23-16-11-7-10-15(13-16)20(27)28/h4-11,13,17-18,25H,12H2,1-3H3,(H,23,26)(H,24,29)(H,27,28)/t17?,18-/m0/s1. The highest BCUT2D eigenvalue weighted by molar-refractivity contribution is 5.96. The zero-order valence-corrected chi connectivity index (χ0v) is 17.1. The molecule has 30 heavy (non-hydrogen) atoms. The van der Waals surface area contributed by atoms with Gasteiger partial charge >= 0.3 is 12.1 Å². The molecule has 0 fully saturated rings. The smallest absolute Gasteiger partial charge is 0.407 e. The highest BCUT2D eigenvalue weighted by atomic mass is 16.6. The molecule has 0 saturated carbocycles. The summed E-state index contributed by atoms with van der Waals surface area (Å²) in [6.07, 6.45) is -2.18. The second kappa shape index (κ2) is 9.89. The molecule has 0 spiro atoms. The monoisotopic (exact) mass is 414 g/mol. The minimum absolute atomic E-state index is 0.00462. The Labute approximate surface area is 174 Å². The first-order chi connectivity index (χ1) is 14.0. The second-order valence-electron chi connectivity index (χ2n) is 7.76. The maximum Gasteiger partial charge on any atom is 0.407 e. The van der Waals surface area contributed by atoms with Crippen molar-refractivity contribution in [3.63, 3.8) is 0 Å². The molecule has 1 unspecified atom stereocenters. The maximum atomic E-state index is 12.6. The third-order valence-corrected chi connectivity index (χ3v) is 4.03. The number of alkyl carbamates (subject to hydrolysis) is 1. The second-order valence-corrected chi connectivity index (χ2v) is 7.76. The van der Waals surface area contributed by atoms with Crippen LogP contribution in [0.1, 0.15) is 36.7 Å². The molecule has 2 aromatic rings. The molecule has 2 aromatic carbocycles. The topological polar surface area (TPSA) is 125 Å². The van der Waals surface area contributed by atoms with Crippen molar-refractivity contribution < 1.29 is 29.3 Å². The molecule has 0 heterocycles. The number of rotatable bonds is 7. The summed E-state index contributed by atoms with van der Waals surface area (Å²) >= 11 is 0. The van der Waals surface area contributed by atoms with Crippen molar-refractivity contribution in [2.45, 2.75) is 44.9 Å². The maximum absolute atomic E-state index is 12.6. The fourth-order valence-electron chi connectivity index (χ4n) is 2.70. The van der Waals surface area contributed by atoms with E-state index in [0.717, 1.165) is 5.56 Å². The number of amides is 2. The van der Waals surface area contributed by atoms with Gasteiger partial charge in [0, 0.05) is 5.69 Å². The summed E-state index contributed by atoms with van der Waals surface area (Å²) in [5, 5.41) is 24.7. The molecule has 2 atom stereocenters. The van der Waals surface area contributed by atoms with E-state index in [1.54, 1.807) is 20.8 Å². The van der Waals surface area contributed by atoms with E-state index in [0.29, 0.717) is 0 Å². The first-order valence-corrected chi connectivity index (χ1v) is 9.41. The van der Waals surface area contributed by atoms with Gasteiger partial charge in [0.25, 0.3) is 5.91 Å². The van der Waals surface area contributed by atoms with Gasteiger partial charge in [-0.2, -0.15) is 0 Å². The van der Waals surface area contributed by atoms with Crippen LogP contribution in [0.25, 0.3) is 0 Å². The van der Waals surface area contributed by atoms with Crippen molar-refractivity contribution in [1.82, 2.24) is 5.32 Å². The molecular formula is C22H26N2O6. The summed E-state index contributed by atoms with van der Waals surface area (Å²) in [6, 6.07) is 13.7. The normalized spacial score (nSPS) is 13.1. The van der Waals surface area contributed by atoms with Crippen LogP contribution in [0.15, 0.2) is 54.6 Å². The van der Waals surface area contributed by atoms with Crippen LogP contribution in [0.3, 0.4) is 0 Å². The minimum atomic E-state index is -1.61. The van der Waals surface area contributed by atoms with E-state index in [9.17, 15) is 19.5 Å². The van der Waals surface area contributed by atoms with Crippen molar-refractivity contribution in [3.05, 3.63) is 65.7 Å². The van der Waals surface area contributed by atoms with Gasteiger partial charge in [-0.3, -0.25) is 4.79 Å². The quantitative estimate of drug-likeness (QED) is 0.552. The Morgan fingerprint density at radius 1 is 1.03 bits per heavy atom. The van der Waals surface area contributed by atoms with Crippen LogP contribution in [0.2, 0.25) is 0 Å². The molecular weight excluding hydrogens is 388 g/mol. The molecule has 2 rings (SSSR count). The van der Waals surface area contributed by atoms with E-state index in [-0.39, 0.29) is 17.7 Å². The molecule has 0 aliphatic rings. The van der Waals surface area contributed by atoms with E-state index in [2.05, 4.69) is 10.6 Å². The van der Waals surface area contributed by atoms with Crippen molar-refractivity contribution >= 4 is 23.7 Å². The third-order valence-electron chi connectivity index (χ3n) is 4.03. The van der Waals surface area contributed by atoms with E-state index in [1.807, 2.05) is 30.3 Å². The van der Waals surface area contributed by atoms with Gasteiger partial charge in [0.2, 0.25) is 0 Å². The van der Waals surface area contributed by atoms with E-state index >= 15 is 0 Å². The number of carboxylic acid groups (broad SMARTS) is 1. The number of anilines is 1. The first-order valence-electron chi connectivity index (χ1n) is 9.41. The van der Waals surface area contributed by atoms with Crippen molar-refractivity contribution in [3.8, 4) is 0 Å². The van der Waals surface area contributed by atoms with Gasteiger partial charge in [-0.25, -0.2) is 9.59 Å². The minimum Gasteiger partial charge on any atom is -0.478 e. The number of aromatic carboxylic acids is 1. The SMILES string of the molecule is CC(C)(C)OC(=O)NC(Cc1ccccc1)[C@H](O)C(=O)Nc1cccc(C(=O)O)c1. The van der Waals surface area contributed by atoms with Crippen LogP contribution in [-0.4, -0.2) is 45.9 Å². The molecule has 0 radical (unpaired) electrons. The highest BCUT2D eigenvalue weighted by Crippen LogP contribution is 2.14. The first kappa shape index (κ1) is 22.9. The lowest BCUT2D eigenvalue weighted by molar-refractivity contribution is -0.125. The molecule has 8 nitrogen and oxygen atoms in total. The molecule has 160 valence electrons. The van der Waals surface area contributed by atoms with E-state index in [4.69, 9.17) is 9.84 Å². The summed E-state index contributed by atoms with van der Waals surface area (Å²) in [6.45, 7) is 5.12. The molecule has 0 aliphatic heterocycles. The molecule has 4 N–H and O–H groups in total. The van der Waals surface area contributed by atoms with Crippen molar-refractivity contribution in [1.29, 1.82) is 0 Å². The van der Waals surface area contributed by atoms with Crippen LogP contribution in [0.5, 0.6) is 0 Å². The number of carbonyl (C=O) groups is 3. The molecule has 0 saturated heterocycles. The number of aliphatic hydroxyl groups excluding tert-OH is 1. The Morgan fingerprint density at radius 2 is 1.70 bits per heavy atom. The van der Waals surface area contributed by atoms with Crippen LogP contribution in [-0.2, 0) is 16.0 Å². The number of hydrogen-bond acceptors (Lipinski definition) is 5. The number of aliphatic hydroxyl groups is 1. The predicted octanol–water partition coefficient (Wildman–Crippen LogP) is 2.82. The van der Waals surface area contributed by atoms with Gasteiger partial charge in [-0.05, 0) is 51.0 Å². The van der Waals surface area contributed by atoms with Crippen LogP contribution < -0.4 is 10.6 Å². The summed E-state index contributed by atoms with van der Waals surface area (Å²) in [5.41, 5.74) is 0.272. The van der Waals surface area contributed by atoms with E-state index in [1.165, 1.54) is 24.3 Å². The summed E-state index contributed by atoms with van der Waals surface area (Å²) in [5.74, 6) is -1.92. The predicted molar refractivity (Wildman–Crippen MR) is 111 cm³/mol. The lowest BCUT2D eigenvalue weighted by Crippen LogP contribution is -2.51. The Bertz CT molecular complexity index is 892. The number of nitrogens with one attached hydrogen (secondary N) is 2. The fraction of sp³-hybridized carbons (Fsp3) is 0.318. The lowest BCUT2D eigenvalue weighted by Gasteiger charge is -2.26. The summed E-state index contributed by atoms with van der Waals surface area (Å²) in [4.78, 5) is 35.9. The average Bonchev–Trinajstić information content (AvgIpc) is 2.66. The summed E-state index contributed by atoms with van der Waals surface area (Å²) < 4.78 is 5.24. The average molecular weight is 414 g/mol. The van der Waals surface area contributed by atoms with Gasteiger partial charge in [0.15, 0.2) is 6.10 Å². The number of carboxylic acids is 1. The fourth-order valence-corrected chi connectivity index (χ4v) is 2.70. The Kier molecular flexibility index (Phi) is 7.54. The van der Waals surface area contributed by atoms with Gasteiger partial charge in [0.05, 0.1) is 11.6 Å². The van der Waals surface area contributed by atoms with Gasteiger partial charge in [-0.1, -0.05) is 36.4 Å². The Hall–Kier alpha value is -3.39. The number of ether oxygens (including phenoxy) is 1. The van der Waals surface area contributed by atoms with E-state index < -0.39 is 35.7 Å². The van der Waals surface area contributed by atoms with Crippen LogP contribution >= 0.6 is 0 Å². The molecule has 0 aromatic heterocycles. The Balaban J connectivity index is 2.16. The third kappa shape index (κ3) is 7.21. The number of carbonyl (C=O) groups excluding carboxylic acids is 2. The molecule has 2 amide bonds. The number of hydrogen-bond donors (Lipinski definition) is 4. The van der Waals surface area contributed by atoms with Crippen molar-refractivity contribution in [2.75, 3.05) is 5.32 Å². The number of benzene rings is 2. The van der Waals surface area contributed by atoms with Crippen molar-refractivity contribution in [2.24, 2.45) is 0 Å². The Morgan fingerprint density at radius 3 is 2.30 bits per heavy atom. The van der Waals surface area contributed by atoms with Gasteiger partial charge in [-0.15, -0.1) is 0 Å². The molecule has 0 bridgehead atoms. The zero-order chi connectivity index (χ0) is 22.3. The highest BCUT2D eigenvalue weighted by Gasteiger charge is 2.30. The molecule has 8 heteroatoms. The zero-order valence-electron chi connectivity index (χ0n) is 17.1. The van der Waals surface area contributed by atoms with Gasteiger partial charge < -0.3 is 25.6 Å². The van der Waals surface area contributed by atoms with Crippen LogP contribution in [0.4, 0.5) is 10.5 Å². The van der Waals surface area contributed by atoms with Gasteiger partial charge in [0.1, 0.15) is 5.60 Å². The summed E-state index contributed by atoms with van der Waals surface area (Å²) in [7, 11) is 0. The van der Waals surface area contributed by atoms with Crippen LogP contribution in [0, 0.1) is 0 Å². The lowest BCUT2D eigenvalue weighted by atomic mass is 10.0. The molecule has 0 aliphatic carbocycles. The largest absolute Gasteiger partial charge is 0.478 e.